The normalized spacial score (nSPS) is 10.1. The van der Waals surface area contributed by atoms with Gasteiger partial charge in [-0.3, -0.25) is 0 Å². The summed E-state index contributed by atoms with van der Waals surface area (Å²) < 4.78 is 5.75. The van der Waals surface area contributed by atoms with Gasteiger partial charge in [0.25, 0.3) is 0 Å². The van der Waals surface area contributed by atoms with Gasteiger partial charge >= 0.3 is 0 Å². The quantitative estimate of drug-likeness (QED) is 0.542. The van der Waals surface area contributed by atoms with E-state index in [0.29, 0.717) is 0 Å². The molecule has 2 nitrogen and oxygen atoms in total. The minimum absolute atomic E-state index is 0.723. The van der Waals surface area contributed by atoms with Gasteiger partial charge in [0.1, 0.15) is 11.2 Å². The molecule has 0 heterocycles. The smallest absolute Gasteiger partial charge is 0.133 e. The van der Waals surface area contributed by atoms with Gasteiger partial charge in [-0.05, 0) is 61.2 Å². The van der Waals surface area contributed by atoms with Gasteiger partial charge in [0, 0.05) is 10.8 Å². The zero-order valence-electron chi connectivity index (χ0n) is 10.8. The van der Waals surface area contributed by atoms with Crippen LogP contribution in [0.5, 0.6) is 5.75 Å². The Morgan fingerprint density at radius 1 is 1.44 bits per heavy atom. The molecule has 0 aliphatic carbocycles. The first-order valence-corrected chi connectivity index (χ1v) is 7.48. The summed E-state index contributed by atoms with van der Waals surface area (Å²) in [4.78, 5) is 0. The highest BCUT2D eigenvalue weighted by molar-refractivity contribution is 8.03. The van der Waals surface area contributed by atoms with Gasteiger partial charge in [-0.1, -0.05) is 18.5 Å². The fourth-order valence-corrected chi connectivity index (χ4v) is 2.18. The van der Waals surface area contributed by atoms with Gasteiger partial charge in [0.15, 0.2) is 0 Å². The molecular formula is C14H18ClNOS. The summed E-state index contributed by atoms with van der Waals surface area (Å²) in [5.41, 5.74) is 2.18. The second-order valence-corrected chi connectivity index (χ2v) is 5.39. The van der Waals surface area contributed by atoms with E-state index in [1.807, 2.05) is 19.1 Å². The predicted octanol–water partition coefficient (Wildman–Crippen LogP) is 4.58. The molecule has 18 heavy (non-hydrogen) atoms. The Labute approximate surface area is 118 Å². The van der Waals surface area contributed by atoms with Crippen LogP contribution in [0.4, 0.5) is 0 Å². The summed E-state index contributed by atoms with van der Waals surface area (Å²) in [5.74, 6) is 1.77. The van der Waals surface area contributed by atoms with E-state index in [1.165, 1.54) is 11.8 Å². The van der Waals surface area contributed by atoms with Gasteiger partial charge in [-0.2, -0.15) is 5.26 Å². The first-order chi connectivity index (χ1) is 8.69. The summed E-state index contributed by atoms with van der Waals surface area (Å²) in [6, 6.07) is 3.99. The van der Waals surface area contributed by atoms with Crippen molar-refractivity contribution in [1.29, 1.82) is 5.26 Å². The monoisotopic (exact) mass is 283 g/mol. The van der Waals surface area contributed by atoms with Crippen molar-refractivity contribution in [3.63, 3.8) is 0 Å². The number of aryl methyl sites for hydroxylation is 2. The lowest BCUT2D eigenvalue weighted by Gasteiger charge is -2.13. The predicted molar refractivity (Wildman–Crippen MR) is 78.4 cm³/mol. The summed E-state index contributed by atoms with van der Waals surface area (Å²) in [6.45, 7) is 4.80. The topological polar surface area (TPSA) is 33.0 Å². The van der Waals surface area contributed by atoms with Crippen molar-refractivity contribution < 1.29 is 4.74 Å². The van der Waals surface area contributed by atoms with E-state index in [0.717, 1.165) is 53.5 Å². The molecule has 0 saturated heterocycles. The molecule has 98 valence electrons. The highest BCUT2D eigenvalue weighted by atomic mass is 35.5. The van der Waals surface area contributed by atoms with Crippen LogP contribution < -0.4 is 4.74 Å². The van der Waals surface area contributed by atoms with Crippen LogP contribution in [0.2, 0.25) is 5.02 Å². The Balaban J connectivity index is 2.73. The van der Waals surface area contributed by atoms with Crippen LogP contribution >= 0.6 is 23.4 Å². The van der Waals surface area contributed by atoms with Crippen molar-refractivity contribution in [3.8, 4) is 11.2 Å². The minimum atomic E-state index is 0.723. The first kappa shape index (κ1) is 15.2. The fourth-order valence-electron chi connectivity index (χ4n) is 1.62. The number of thiocyanates is 1. The van der Waals surface area contributed by atoms with Gasteiger partial charge < -0.3 is 4.74 Å². The van der Waals surface area contributed by atoms with E-state index in [4.69, 9.17) is 21.6 Å². The second-order valence-electron chi connectivity index (χ2n) is 4.10. The molecular weight excluding hydrogens is 266 g/mol. The van der Waals surface area contributed by atoms with Crippen LogP contribution in [-0.4, -0.2) is 12.4 Å². The maximum atomic E-state index is 8.48. The maximum Gasteiger partial charge on any atom is 0.133 e. The lowest BCUT2D eigenvalue weighted by molar-refractivity contribution is 0.314. The molecule has 1 aromatic carbocycles. The third-order valence-corrected chi connectivity index (χ3v) is 3.59. The third-order valence-electron chi connectivity index (χ3n) is 2.56. The van der Waals surface area contributed by atoms with Crippen molar-refractivity contribution in [1.82, 2.24) is 0 Å². The van der Waals surface area contributed by atoms with Crippen LogP contribution in [0.15, 0.2) is 12.1 Å². The molecule has 0 bridgehead atoms. The first-order valence-electron chi connectivity index (χ1n) is 6.11. The number of nitrogens with zero attached hydrogens (tertiary/aromatic N) is 1. The van der Waals surface area contributed by atoms with Crippen molar-refractivity contribution in [3.05, 3.63) is 28.3 Å². The van der Waals surface area contributed by atoms with Crippen molar-refractivity contribution in [2.45, 2.75) is 33.1 Å². The summed E-state index contributed by atoms with van der Waals surface area (Å²) in [5, 5.41) is 11.3. The van der Waals surface area contributed by atoms with Crippen LogP contribution in [0.3, 0.4) is 0 Å². The number of hydrogen-bond acceptors (Lipinski definition) is 3. The van der Waals surface area contributed by atoms with E-state index in [-0.39, 0.29) is 0 Å². The van der Waals surface area contributed by atoms with Crippen LogP contribution in [0, 0.1) is 17.6 Å². The van der Waals surface area contributed by atoms with Crippen molar-refractivity contribution in [2.75, 3.05) is 12.4 Å². The molecule has 0 spiro atoms. The Morgan fingerprint density at radius 2 is 2.22 bits per heavy atom. The molecule has 0 aliphatic rings. The van der Waals surface area contributed by atoms with Gasteiger partial charge in [-0.15, -0.1) is 0 Å². The van der Waals surface area contributed by atoms with Gasteiger partial charge in [0.2, 0.25) is 0 Å². The fraction of sp³-hybridized carbons (Fsp3) is 0.500. The number of nitriles is 1. The Morgan fingerprint density at radius 3 is 2.89 bits per heavy atom. The Kier molecular flexibility index (Phi) is 7.00. The standard InChI is InChI=1S/C14H18ClNOS/c1-3-6-17-14-8-11(2)13(15)9-12(14)5-4-7-18-10-16/h8-9H,3-7H2,1-2H3. The van der Waals surface area contributed by atoms with Gasteiger partial charge in [0.05, 0.1) is 6.61 Å². The lowest BCUT2D eigenvalue weighted by atomic mass is 10.1. The van der Waals surface area contributed by atoms with E-state index in [9.17, 15) is 0 Å². The molecule has 0 N–H and O–H groups in total. The molecule has 0 amide bonds. The van der Waals surface area contributed by atoms with E-state index >= 15 is 0 Å². The number of hydrogen-bond donors (Lipinski definition) is 0. The number of rotatable bonds is 7. The van der Waals surface area contributed by atoms with Crippen molar-refractivity contribution >= 4 is 23.4 Å². The largest absolute Gasteiger partial charge is 0.493 e. The summed E-state index contributed by atoms with van der Waals surface area (Å²) >= 11 is 7.44. The molecule has 0 radical (unpaired) electrons. The van der Waals surface area contributed by atoms with E-state index in [1.54, 1.807) is 0 Å². The minimum Gasteiger partial charge on any atom is -0.493 e. The Hall–Kier alpha value is -0.850. The molecule has 0 fully saturated rings. The third kappa shape index (κ3) is 4.80. The Bertz CT molecular complexity index is 429. The average molecular weight is 284 g/mol. The van der Waals surface area contributed by atoms with Crippen LogP contribution in [0.25, 0.3) is 0 Å². The van der Waals surface area contributed by atoms with E-state index in [2.05, 4.69) is 12.3 Å². The maximum absolute atomic E-state index is 8.48. The molecule has 0 aliphatic heterocycles. The SMILES string of the molecule is CCCOc1cc(C)c(Cl)cc1CCCSC#N. The van der Waals surface area contributed by atoms with Gasteiger partial charge in [-0.25, -0.2) is 0 Å². The zero-order valence-corrected chi connectivity index (χ0v) is 12.4. The number of halogens is 1. The second kappa shape index (κ2) is 8.29. The molecule has 0 saturated carbocycles. The van der Waals surface area contributed by atoms with E-state index < -0.39 is 0 Å². The molecule has 0 unspecified atom stereocenters. The zero-order chi connectivity index (χ0) is 13.4. The highest BCUT2D eigenvalue weighted by Gasteiger charge is 2.07. The summed E-state index contributed by atoms with van der Waals surface area (Å²) in [7, 11) is 0. The van der Waals surface area contributed by atoms with Crippen LogP contribution in [0.1, 0.15) is 30.9 Å². The lowest BCUT2D eigenvalue weighted by Crippen LogP contribution is -2.00. The average Bonchev–Trinajstić information content (AvgIpc) is 2.36. The number of benzene rings is 1. The molecule has 1 aromatic rings. The number of ether oxygens (including phenoxy) is 1. The highest BCUT2D eigenvalue weighted by Crippen LogP contribution is 2.28. The molecule has 1 rings (SSSR count). The molecule has 0 aromatic heterocycles. The molecule has 4 heteroatoms. The summed E-state index contributed by atoms with van der Waals surface area (Å²) in [6.07, 6.45) is 2.85. The van der Waals surface area contributed by atoms with Crippen molar-refractivity contribution in [2.24, 2.45) is 0 Å². The number of thioether (sulfide) groups is 1. The van der Waals surface area contributed by atoms with Crippen LogP contribution in [-0.2, 0) is 6.42 Å². The molecule has 0 atom stereocenters.